The van der Waals surface area contributed by atoms with E-state index < -0.39 is 0 Å². The van der Waals surface area contributed by atoms with Gasteiger partial charge in [-0.2, -0.15) is 0 Å². The number of nitrogens with one attached hydrogen (secondary N) is 1. The molecule has 0 aromatic carbocycles. The van der Waals surface area contributed by atoms with Crippen molar-refractivity contribution in [2.75, 3.05) is 12.4 Å². The number of rotatable bonds is 4. The lowest BCUT2D eigenvalue weighted by molar-refractivity contribution is 1.04. The summed E-state index contributed by atoms with van der Waals surface area (Å²) < 4.78 is 3.89. The molecule has 0 saturated carbocycles. The van der Waals surface area contributed by atoms with Crippen molar-refractivity contribution >= 4 is 28.3 Å². The Hall–Kier alpha value is -1.21. The molecular weight excluding hydrogens is 230 g/mol. The van der Waals surface area contributed by atoms with E-state index in [1.165, 1.54) is 11.5 Å². The van der Waals surface area contributed by atoms with Crippen molar-refractivity contribution in [3.8, 4) is 0 Å². The van der Waals surface area contributed by atoms with Crippen LogP contribution in [0, 0.1) is 0 Å². The van der Waals surface area contributed by atoms with Gasteiger partial charge in [0.05, 0.1) is 6.20 Å². The summed E-state index contributed by atoms with van der Waals surface area (Å²) in [4.78, 5) is 8.16. The first-order valence-corrected chi connectivity index (χ1v) is 6.04. The summed E-state index contributed by atoms with van der Waals surface area (Å²) in [6, 6.07) is 0. The topological polar surface area (TPSA) is 63.6 Å². The van der Waals surface area contributed by atoms with Crippen molar-refractivity contribution < 1.29 is 0 Å². The molecule has 2 aromatic heterocycles. The van der Waals surface area contributed by atoms with Crippen LogP contribution in [0.4, 0.5) is 5.00 Å². The minimum atomic E-state index is 0.755. The van der Waals surface area contributed by atoms with Gasteiger partial charge in [-0.3, -0.25) is 4.98 Å². The quantitative estimate of drug-likeness (QED) is 0.819. The van der Waals surface area contributed by atoms with Crippen LogP contribution in [-0.2, 0) is 5.75 Å². The summed E-state index contributed by atoms with van der Waals surface area (Å²) in [5.74, 6) is 0.755. The summed E-state index contributed by atoms with van der Waals surface area (Å²) in [6.07, 6.45) is 5.08. The largest absolute Gasteiger partial charge is 0.377 e. The average Bonchev–Trinajstić information content (AvgIpc) is 2.75. The molecule has 0 saturated heterocycles. The second-order valence-electron chi connectivity index (χ2n) is 2.63. The Bertz CT molecular complexity index is 416. The molecule has 5 nitrogen and oxygen atoms in total. The second kappa shape index (κ2) is 5.04. The minimum absolute atomic E-state index is 0.755. The highest BCUT2D eigenvalue weighted by molar-refractivity contribution is 7.98. The lowest BCUT2D eigenvalue weighted by Gasteiger charge is -1.99. The molecule has 0 spiro atoms. The van der Waals surface area contributed by atoms with E-state index in [0.29, 0.717) is 0 Å². The van der Waals surface area contributed by atoms with Crippen LogP contribution in [0.1, 0.15) is 5.69 Å². The molecular formula is C8H9N5S2. The lowest BCUT2D eigenvalue weighted by atomic mass is 10.5. The van der Waals surface area contributed by atoms with Crippen LogP contribution in [0.15, 0.2) is 23.6 Å². The van der Waals surface area contributed by atoms with E-state index in [1.807, 2.05) is 7.05 Å². The number of hydrogen-bond acceptors (Lipinski definition) is 7. The molecule has 0 amide bonds. The zero-order valence-electron chi connectivity index (χ0n) is 8.04. The molecule has 0 aliphatic carbocycles. The Morgan fingerprint density at radius 3 is 3.13 bits per heavy atom. The highest BCUT2D eigenvalue weighted by Gasteiger charge is 2.06. The van der Waals surface area contributed by atoms with E-state index in [1.54, 1.807) is 30.4 Å². The third kappa shape index (κ3) is 2.63. The Labute approximate surface area is 95.5 Å². The predicted molar refractivity (Wildman–Crippen MR) is 61.0 cm³/mol. The van der Waals surface area contributed by atoms with Gasteiger partial charge in [0.15, 0.2) is 0 Å². The summed E-state index contributed by atoms with van der Waals surface area (Å²) in [6.45, 7) is 0. The smallest absolute Gasteiger partial charge is 0.133 e. The number of nitrogens with zero attached hydrogens (tertiary/aromatic N) is 4. The van der Waals surface area contributed by atoms with Crippen molar-refractivity contribution in [2.24, 2.45) is 0 Å². The zero-order chi connectivity index (χ0) is 10.5. The second-order valence-corrected chi connectivity index (χ2v) is 4.38. The van der Waals surface area contributed by atoms with Crippen LogP contribution < -0.4 is 5.32 Å². The van der Waals surface area contributed by atoms with E-state index in [0.717, 1.165) is 21.5 Å². The Balaban J connectivity index is 1.99. The minimum Gasteiger partial charge on any atom is -0.377 e. The average molecular weight is 239 g/mol. The maximum Gasteiger partial charge on any atom is 0.133 e. The maximum absolute atomic E-state index is 4.17. The SMILES string of the molecule is CNc1snnc1CSc1cnccn1. The van der Waals surface area contributed by atoms with Crippen LogP contribution in [-0.4, -0.2) is 26.6 Å². The van der Waals surface area contributed by atoms with Gasteiger partial charge in [0, 0.05) is 36.7 Å². The van der Waals surface area contributed by atoms with Gasteiger partial charge in [-0.15, -0.1) is 5.10 Å². The zero-order valence-corrected chi connectivity index (χ0v) is 9.68. The van der Waals surface area contributed by atoms with E-state index in [2.05, 4.69) is 24.9 Å². The molecule has 0 atom stereocenters. The molecule has 15 heavy (non-hydrogen) atoms. The summed E-state index contributed by atoms with van der Waals surface area (Å²) >= 11 is 2.96. The molecule has 2 heterocycles. The van der Waals surface area contributed by atoms with Gasteiger partial charge in [-0.05, 0) is 0 Å². The van der Waals surface area contributed by atoms with Crippen molar-refractivity contribution in [1.82, 2.24) is 19.6 Å². The maximum atomic E-state index is 4.17. The van der Waals surface area contributed by atoms with Crippen LogP contribution in [0.25, 0.3) is 0 Å². The number of hydrogen-bond donors (Lipinski definition) is 1. The van der Waals surface area contributed by atoms with E-state index in [-0.39, 0.29) is 0 Å². The molecule has 0 radical (unpaired) electrons. The molecule has 78 valence electrons. The van der Waals surface area contributed by atoms with Crippen molar-refractivity contribution in [3.63, 3.8) is 0 Å². The standard InChI is InChI=1S/C8H9N5S2/c1-9-8-6(12-13-15-8)5-14-7-4-10-2-3-11-7/h2-4,9H,5H2,1H3. The van der Waals surface area contributed by atoms with Gasteiger partial charge in [-0.25, -0.2) is 4.98 Å². The van der Waals surface area contributed by atoms with Crippen LogP contribution in [0.2, 0.25) is 0 Å². The highest BCUT2D eigenvalue weighted by atomic mass is 32.2. The van der Waals surface area contributed by atoms with Crippen molar-refractivity contribution in [2.45, 2.75) is 10.8 Å². The summed E-state index contributed by atoms with van der Waals surface area (Å²) in [5, 5.41) is 9.00. The molecule has 2 rings (SSSR count). The predicted octanol–water partition coefficient (Wildman–Crippen LogP) is 1.66. The van der Waals surface area contributed by atoms with Gasteiger partial charge in [0.1, 0.15) is 15.7 Å². The highest BCUT2D eigenvalue weighted by Crippen LogP contribution is 2.25. The fourth-order valence-corrected chi connectivity index (χ4v) is 2.37. The van der Waals surface area contributed by atoms with Gasteiger partial charge < -0.3 is 5.32 Å². The van der Waals surface area contributed by atoms with Gasteiger partial charge >= 0.3 is 0 Å². The van der Waals surface area contributed by atoms with Gasteiger partial charge in [0.25, 0.3) is 0 Å². The molecule has 0 unspecified atom stereocenters. The molecule has 0 aliphatic heterocycles. The molecule has 0 fully saturated rings. The number of thioether (sulfide) groups is 1. The van der Waals surface area contributed by atoms with Crippen LogP contribution in [0.3, 0.4) is 0 Å². The Morgan fingerprint density at radius 2 is 2.40 bits per heavy atom. The molecule has 0 bridgehead atoms. The first-order valence-electron chi connectivity index (χ1n) is 4.28. The molecule has 7 heteroatoms. The number of anilines is 1. The van der Waals surface area contributed by atoms with E-state index in [9.17, 15) is 0 Å². The first-order chi connectivity index (χ1) is 7.40. The monoisotopic (exact) mass is 239 g/mol. The lowest BCUT2D eigenvalue weighted by Crippen LogP contribution is -1.91. The Morgan fingerprint density at radius 1 is 1.47 bits per heavy atom. The normalized spacial score (nSPS) is 10.2. The van der Waals surface area contributed by atoms with Crippen LogP contribution in [0.5, 0.6) is 0 Å². The fourth-order valence-electron chi connectivity index (χ4n) is 0.995. The van der Waals surface area contributed by atoms with E-state index in [4.69, 9.17) is 0 Å². The van der Waals surface area contributed by atoms with Crippen molar-refractivity contribution in [3.05, 3.63) is 24.3 Å². The van der Waals surface area contributed by atoms with E-state index >= 15 is 0 Å². The molecule has 0 aliphatic rings. The van der Waals surface area contributed by atoms with Gasteiger partial charge in [0.2, 0.25) is 0 Å². The third-order valence-electron chi connectivity index (χ3n) is 1.68. The van der Waals surface area contributed by atoms with Crippen molar-refractivity contribution in [1.29, 1.82) is 0 Å². The Kier molecular flexibility index (Phi) is 3.46. The fraction of sp³-hybridized carbons (Fsp3) is 0.250. The molecule has 2 aromatic rings. The molecule has 1 N–H and O–H groups in total. The third-order valence-corrected chi connectivity index (χ3v) is 3.39. The van der Waals surface area contributed by atoms with Gasteiger partial charge in [-0.1, -0.05) is 16.3 Å². The summed E-state index contributed by atoms with van der Waals surface area (Å²) in [5.41, 5.74) is 0.957. The summed E-state index contributed by atoms with van der Waals surface area (Å²) in [7, 11) is 1.87. The number of aromatic nitrogens is 4. The first kappa shape index (κ1) is 10.3. The van der Waals surface area contributed by atoms with Crippen LogP contribution >= 0.6 is 23.3 Å².